The molecule has 3 fully saturated rings. The zero-order chi connectivity index (χ0) is 16.0. The Labute approximate surface area is 131 Å². The van der Waals surface area contributed by atoms with Crippen molar-refractivity contribution in [3.8, 4) is 0 Å². The minimum atomic E-state index is -0.450. The minimum Gasteiger partial charge on any atom is -0.444 e. The van der Waals surface area contributed by atoms with Crippen LogP contribution in [0.15, 0.2) is 24.3 Å². The number of hydrogen-bond donors (Lipinski definition) is 3. The monoisotopic (exact) mass is 303 g/mol. The Hall–Kier alpha value is -1.75. The highest BCUT2D eigenvalue weighted by atomic mass is 16.6. The summed E-state index contributed by atoms with van der Waals surface area (Å²) in [6.07, 6.45) is 2.58. The van der Waals surface area contributed by atoms with Gasteiger partial charge in [-0.1, -0.05) is 18.2 Å². The molecule has 1 aromatic carbocycles. The van der Waals surface area contributed by atoms with Crippen LogP contribution in [0.2, 0.25) is 0 Å². The van der Waals surface area contributed by atoms with Gasteiger partial charge in [0.15, 0.2) is 0 Å². The quantitative estimate of drug-likeness (QED) is 0.747. The predicted octanol–water partition coefficient (Wildman–Crippen LogP) is 2.56. The van der Waals surface area contributed by atoms with E-state index in [1.54, 1.807) is 0 Å². The average molecular weight is 303 g/mol. The van der Waals surface area contributed by atoms with Gasteiger partial charge in [-0.3, -0.25) is 0 Å². The standard InChI is InChI=1S/C17H25N3O2/c1-15(2,3)22-14(21)20-17-9-16(10-17,11-17)19-8-12-6-4-5-7-13(12)18/h4-7,19H,8-11,18H2,1-3H3,(H,20,21). The van der Waals surface area contributed by atoms with E-state index >= 15 is 0 Å². The van der Waals surface area contributed by atoms with Crippen LogP contribution < -0.4 is 16.4 Å². The lowest BCUT2D eigenvalue weighted by molar-refractivity contribution is -0.105. The zero-order valence-corrected chi connectivity index (χ0v) is 13.5. The van der Waals surface area contributed by atoms with E-state index in [-0.39, 0.29) is 17.2 Å². The molecule has 0 aromatic heterocycles. The molecule has 0 spiro atoms. The number of rotatable bonds is 4. The minimum absolute atomic E-state index is 0.0580. The molecule has 0 unspecified atom stereocenters. The second-order valence-electron chi connectivity index (χ2n) is 7.77. The second kappa shape index (κ2) is 4.88. The molecule has 5 nitrogen and oxygen atoms in total. The maximum atomic E-state index is 11.8. The van der Waals surface area contributed by atoms with Crippen molar-refractivity contribution in [3.63, 3.8) is 0 Å². The fourth-order valence-electron chi connectivity index (χ4n) is 3.61. The summed E-state index contributed by atoms with van der Waals surface area (Å²) in [5, 5.41) is 6.62. The van der Waals surface area contributed by atoms with Gasteiger partial charge < -0.3 is 21.1 Å². The summed E-state index contributed by atoms with van der Waals surface area (Å²) in [6.45, 7) is 6.40. The number of amides is 1. The Balaban J connectivity index is 1.46. The lowest BCUT2D eigenvalue weighted by Gasteiger charge is -2.70. The van der Waals surface area contributed by atoms with E-state index in [0.717, 1.165) is 37.1 Å². The highest BCUT2D eigenvalue weighted by Crippen LogP contribution is 2.60. The Morgan fingerprint density at radius 2 is 1.86 bits per heavy atom. The number of para-hydroxylation sites is 1. The van der Waals surface area contributed by atoms with Crippen molar-refractivity contribution in [1.82, 2.24) is 10.6 Å². The van der Waals surface area contributed by atoms with Gasteiger partial charge in [-0.25, -0.2) is 4.79 Å². The molecule has 1 aromatic rings. The van der Waals surface area contributed by atoms with Gasteiger partial charge in [-0.05, 0) is 51.7 Å². The third kappa shape index (κ3) is 2.90. The largest absolute Gasteiger partial charge is 0.444 e. The Kier molecular flexibility index (Phi) is 3.36. The van der Waals surface area contributed by atoms with E-state index in [4.69, 9.17) is 10.5 Å². The van der Waals surface area contributed by atoms with Gasteiger partial charge in [0.1, 0.15) is 5.60 Å². The molecule has 0 aliphatic heterocycles. The van der Waals surface area contributed by atoms with Crippen molar-refractivity contribution in [2.75, 3.05) is 5.73 Å². The van der Waals surface area contributed by atoms with Gasteiger partial charge in [-0.2, -0.15) is 0 Å². The number of nitrogen functional groups attached to an aromatic ring is 1. The van der Waals surface area contributed by atoms with Crippen LogP contribution >= 0.6 is 0 Å². The van der Waals surface area contributed by atoms with Crippen molar-refractivity contribution < 1.29 is 9.53 Å². The summed E-state index contributed by atoms with van der Waals surface area (Å²) in [4.78, 5) is 11.8. The van der Waals surface area contributed by atoms with Crippen LogP contribution in [0.5, 0.6) is 0 Å². The van der Waals surface area contributed by atoms with Crippen LogP contribution in [-0.2, 0) is 11.3 Å². The van der Waals surface area contributed by atoms with Crippen LogP contribution in [0.1, 0.15) is 45.6 Å². The number of carbonyl (C=O) groups excluding carboxylic acids is 1. The molecule has 3 saturated carbocycles. The predicted molar refractivity (Wildman–Crippen MR) is 86.4 cm³/mol. The number of anilines is 1. The molecule has 1 amide bonds. The van der Waals surface area contributed by atoms with Gasteiger partial charge in [0.25, 0.3) is 0 Å². The van der Waals surface area contributed by atoms with E-state index in [2.05, 4.69) is 10.6 Å². The van der Waals surface area contributed by atoms with E-state index < -0.39 is 5.60 Å². The molecule has 0 atom stereocenters. The number of carbonyl (C=O) groups is 1. The Bertz CT molecular complexity index is 572. The molecule has 3 aliphatic rings. The van der Waals surface area contributed by atoms with E-state index in [9.17, 15) is 4.79 Å². The molecule has 120 valence electrons. The number of benzene rings is 1. The van der Waals surface area contributed by atoms with E-state index in [1.165, 1.54) is 0 Å². The average Bonchev–Trinajstić information content (AvgIpc) is 2.30. The molecule has 5 heteroatoms. The molecule has 4 N–H and O–H groups in total. The lowest BCUT2D eigenvalue weighted by atomic mass is 9.44. The van der Waals surface area contributed by atoms with Crippen molar-refractivity contribution in [3.05, 3.63) is 29.8 Å². The summed E-state index contributed by atoms with van der Waals surface area (Å²) >= 11 is 0. The molecule has 0 heterocycles. The van der Waals surface area contributed by atoms with E-state index in [1.807, 2.05) is 45.0 Å². The fourth-order valence-corrected chi connectivity index (χ4v) is 3.61. The summed E-state index contributed by atoms with van der Waals surface area (Å²) in [5.74, 6) is 0. The second-order valence-corrected chi connectivity index (χ2v) is 7.77. The fraction of sp³-hybridized carbons (Fsp3) is 0.588. The number of nitrogens with one attached hydrogen (secondary N) is 2. The molecule has 0 radical (unpaired) electrons. The van der Waals surface area contributed by atoms with Crippen LogP contribution in [-0.4, -0.2) is 22.8 Å². The van der Waals surface area contributed by atoms with E-state index in [0.29, 0.717) is 0 Å². The van der Waals surface area contributed by atoms with Gasteiger partial charge >= 0.3 is 6.09 Å². The topological polar surface area (TPSA) is 76.4 Å². The first-order chi connectivity index (χ1) is 10.2. The third-order valence-corrected chi connectivity index (χ3v) is 4.51. The summed E-state index contributed by atoms with van der Waals surface area (Å²) < 4.78 is 5.32. The van der Waals surface area contributed by atoms with Crippen LogP contribution in [0, 0.1) is 0 Å². The maximum Gasteiger partial charge on any atom is 0.408 e. The molecular weight excluding hydrogens is 278 g/mol. The Morgan fingerprint density at radius 1 is 1.23 bits per heavy atom. The van der Waals surface area contributed by atoms with Gasteiger partial charge in [-0.15, -0.1) is 0 Å². The SMILES string of the molecule is CC(C)(C)OC(=O)NC12CC(NCc3ccccc3N)(C1)C2. The van der Waals surface area contributed by atoms with Crippen molar-refractivity contribution in [2.24, 2.45) is 0 Å². The number of hydrogen-bond acceptors (Lipinski definition) is 4. The first-order valence-electron chi connectivity index (χ1n) is 7.81. The molecule has 2 bridgehead atoms. The summed E-state index contributed by atoms with van der Waals surface area (Å²) in [7, 11) is 0. The number of ether oxygens (including phenoxy) is 1. The van der Waals surface area contributed by atoms with Gasteiger partial charge in [0.05, 0.1) is 0 Å². The smallest absolute Gasteiger partial charge is 0.408 e. The summed E-state index contributed by atoms with van der Waals surface area (Å²) in [6, 6.07) is 7.91. The normalized spacial score (nSPS) is 29.2. The summed E-state index contributed by atoms with van der Waals surface area (Å²) in [5.41, 5.74) is 7.56. The lowest BCUT2D eigenvalue weighted by Crippen LogP contribution is -2.83. The maximum absolute atomic E-state index is 11.8. The number of nitrogens with two attached hydrogens (primary N) is 1. The molecular formula is C17H25N3O2. The van der Waals surface area contributed by atoms with Crippen molar-refractivity contribution in [2.45, 2.75) is 63.3 Å². The van der Waals surface area contributed by atoms with Crippen molar-refractivity contribution >= 4 is 11.8 Å². The highest BCUT2D eigenvalue weighted by molar-refractivity contribution is 5.70. The Morgan fingerprint density at radius 3 is 2.45 bits per heavy atom. The molecule has 3 aliphatic carbocycles. The van der Waals surface area contributed by atoms with Crippen molar-refractivity contribution in [1.29, 1.82) is 0 Å². The molecule has 22 heavy (non-hydrogen) atoms. The first-order valence-corrected chi connectivity index (χ1v) is 7.81. The molecule has 4 rings (SSSR count). The number of alkyl carbamates (subject to hydrolysis) is 1. The highest BCUT2D eigenvalue weighted by Gasteiger charge is 2.68. The van der Waals surface area contributed by atoms with Gasteiger partial charge in [0, 0.05) is 23.3 Å². The van der Waals surface area contributed by atoms with Crippen LogP contribution in [0.3, 0.4) is 0 Å². The first kappa shape index (κ1) is 15.2. The molecule has 0 saturated heterocycles. The third-order valence-electron chi connectivity index (χ3n) is 4.51. The zero-order valence-electron chi connectivity index (χ0n) is 13.5. The van der Waals surface area contributed by atoms with Crippen LogP contribution in [0.4, 0.5) is 10.5 Å². The van der Waals surface area contributed by atoms with Crippen LogP contribution in [0.25, 0.3) is 0 Å². The van der Waals surface area contributed by atoms with Gasteiger partial charge in [0.2, 0.25) is 0 Å².